The zero-order valence-electron chi connectivity index (χ0n) is 9.64. The summed E-state index contributed by atoms with van der Waals surface area (Å²) in [5.74, 6) is 0.876. The van der Waals surface area contributed by atoms with E-state index in [0.29, 0.717) is 0 Å². The first-order chi connectivity index (χ1) is 8.84. The number of furan rings is 1. The van der Waals surface area contributed by atoms with Gasteiger partial charge in [0.15, 0.2) is 0 Å². The van der Waals surface area contributed by atoms with Gasteiger partial charge in [-0.15, -0.1) is 0 Å². The molecule has 1 heterocycles. The maximum atomic E-state index is 5.92. The van der Waals surface area contributed by atoms with Crippen molar-refractivity contribution in [3.8, 4) is 22.5 Å². The van der Waals surface area contributed by atoms with Crippen molar-refractivity contribution in [2.75, 3.05) is 0 Å². The fraction of sp³-hybridized carbons (Fsp3) is 0. The topological polar surface area (TPSA) is 13.1 Å². The Morgan fingerprint density at radius 2 is 1.44 bits per heavy atom. The molecule has 0 aliphatic heterocycles. The van der Waals surface area contributed by atoms with Gasteiger partial charge in [0.1, 0.15) is 5.76 Å². The van der Waals surface area contributed by atoms with Crippen LogP contribution >= 0.6 is 11.6 Å². The number of hydrogen-bond acceptors (Lipinski definition) is 1. The molecule has 0 bridgehead atoms. The maximum Gasteiger partial charge on any atom is 0.134 e. The predicted octanol–water partition coefficient (Wildman–Crippen LogP) is 5.27. The van der Waals surface area contributed by atoms with Gasteiger partial charge in [0.25, 0.3) is 0 Å². The Bertz CT molecular complexity index is 639. The van der Waals surface area contributed by atoms with Gasteiger partial charge in [0.2, 0.25) is 0 Å². The van der Waals surface area contributed by atoms with E-state index in [9.17, 15) is 0 Å². The molecule has 18 heavy (non-hydrogen) atoms. The maximum absolute atomic E-state index is 5.92. The molecule has 3 aromatic rings. The van der Waals surface area contributed by atoms with Gasteiger partial charge in [-0.3, -0.25) is 0 Å². The van der Waals surface area contributed by atoms with E-state index in [1.807, 2.05) is 48.5 Å². The van der Waals surface area contributed by atoms with E-state index in [1.165, 1.54) is 0 Å². The molecule has 0 atom stereocenters. The van der Waals surface area contributed by atoms with Crippen LogP contribution in [0.1, 0.15) is 0 Å². The third-order valence-electron chi connectivity index (χ3n) is 2.87. The van der Waals surface area contributed by atoms with Crippen LogP contribution in [-0.2, 0) is 0 Å². The van der Waals surface area contributed by atoms with Gasteiger partial charge in [-0.25, -0.2) is 0 Å². The highest BCUT2D eigenvalue weighted by atomic mass is 35.5. The molecule has 0 N–H and O–H groups in total. The molecule has 3 rings (SSSR count). The second kappa shape index (κ2) is 4.71. The summed E-state index contributed by atoms with van der Waals surface area (Å²) in [6.45, 7) is 0. The standard InChI is InChI=1S/C16H11ClO/c17-13-9-7-12(8-10-13)14-4-1-2-5-15(14)16-6-3-11-18-16/h1-11H. The summed E-state index contributed by atoms with van der Waals surface area (Å²) in [7, 11) is 0. The molecule has 0 spiro atoms. The Morgan fingerprint density at radius 3 is 2.11 bits per heavy atom. The second-order valence-electron chi connectivity index (χ2n) is 4.03. The quantitative estimate of drug-likeness (QED) is 0.607. The molecule has 0 fully saturated rings. The Balaban J connectivity index is 2.15. The van der Waals surface area contributed by atoms with E-state index >= 15 is 0 Å². The van der Waals surface area contributed by atoms with Crippen LogP contribution in [0.2, 0.25) is 5.02 Å². The lowest BCUT2D eigenvalue weighted by Crippen LogP contribution is -1.82. The van der Waals surface area contributed by atoms with E-state index in [0.717, 1.165) is 27.5 Å². The first-order valence-electron chi connectivity index (χ1n) is 5.73. The molecule has 2 heteroatoms. The minimum absolute atomic E-state index is 0.745. The molecule has 1 aromatic heterocycles. The van der Waals surface area contributed by atoms with Crippen LogP contribution in [0.25, 0.3) is 22.5 Å². The normalized spacial score (nSPS) is 10.5. The van der Waals surface area contributed by atoms with Crippen LogP contribution in [-0.4, -0.2) is 0 Å². The van der Waals surface area contributed by atoms with Gasteiger partial charge in [-0.2, -0.15) is 0 Å². The molecule has 0 radical (unpaired) electrons. The highest BCUT2D eigenvalue weighted by Gasteiger charge is 2.08. The molecule has 0 aliphatic carbocycles. The molecule has 2 aromatic carbocycles. The number of benzene rings is 2. The molecule has 88 valence electrons. The van der Waals surface area contributed by atoms with Crippen molar-refractivity contribution in [2.24, 2.45) is 0 Å². The third kappa shape index (κ3) is 2.05. The Hall–Kier alpha value is -1.99. The van der Waals surface area contributed by atoms with Gasteiger partial charge in [0.05, 0.1) is 6.26 Å². The van der Waals surface area contributed by atoms with Gasteiger partial charge < -0.3 is 4.42 Å². The first kappa shape index (κ1) is 11.1. The van der Waals surface area contributed by atoms with Crippen LogP contribution in [0.3, 0.4) is 0 Å². The van der Waals surface area contributed by atoms with Crippen LogP contribution in [0.15, 0.2) is 71.3 Å². The fourth-order valence-corrected chi connectivity index (χ4v) is 2.14. The third-order valence-corrected chi connectivity index (χ3v) is 3.12. The zero-order chi connectivity index (χ0) is 12.4. The molecule has 0 aliphatic rings. The van der Waals surface area contributed by atoms with E-state index in [-0.39, 0.29) is 0 Å². The number of hydrogen-bond donors (Lipinski definition) is 0. The summed E-state index contributed by atoms with van der Waals surface area (Å²) in [6, 6.07) is 19.9. The monoisotopic (exact) mass is 254 g/mol. The average Bonchev–Trinajstić information content (AvgIpc) is 2.93. The van der Waals surface area contributed by atoms with Gasteiger partial charge >= 0.3 is 0 Å². The summed E-state index contributed by atoms with van der Waals surface area (Å²) in [6.07, 6.45) is 1.69. The zero-order valence-corrected chi connectivity index (χ0v) is 10.4. The number of rotatable bonds is 2. The van der Waals surface area contributed by atoms with E-state index in [4.69, 9.17) is 16.0 Å². The highest BCUT2D eigenvalue weighted by molar-refractivity contribution is 6.30. The Kier molecular flexibility index (Phi) is 2.91. The van der Waals surface area contributed by atoms with Crippen molar-refractivity contribution < 1.29 is 4.42 Å². The Morgan fingerprint density at radius 1 is 0.722 bits per heavy atom. The van der Waals surface area contributed by atoms with Gasteiger partial charge in [0, 0.05) is 10.6 Å². The summed E-state index contributed by atoms with van der Waals surface area (Å²) < 4.78 is 5.48. The highest BCUT2D eigenvalue weighted by Crippen LogP contribution is 2.32. The average molecular weight is 255 g/mol. The van der Waals surface area contributed by atoms with Gasteiger partial charge in [-0.05, 0) is 35.4 Å². The molecule has 0 saturated heterocycles. The molecular formula is C16H11ClO. The van der Waals surface area contributed by atoms with Crippen molar-refractivity contribution in [1.82, 2.24) is 0 Å². The lowest BCUT2D eigenvalue weighted by atomic mass is 9.98. The van der Waals surface area contributed by atoms with Crippen LogP contribution in [0.4, 0.5) is 0 Å². The van der Waals surface area contributed by atoms with E-state index in [1.54, 1.807) is 6.26 Å². The van der Waals surface area contributed by atoms with Crippen molar-refractivity contribution >= 4 is 11.6 Å². The smallest absolute Gasteiger partial charge is 0.134 e. The molecule has 0 saturated carbocycles. The lowest BCUT2D eigenvalue weighted by Gasteiger charge is -2.07. The number of halogens is 1. The minimum atomic E-state index is 0.745. The van der Waals surface area contributed by atoms with Crippen molar-refractivity contribution in [3.63, 3.8) is 0 Å². The minimum Gasteiger partial charge on any atom is -0.464 e. The van der Waals surface area contributed by atoms with E-state index in [2.05, 4.69) is 12.1 Å². The van der Waals surface area contributed by atoms with Crippen molar-refractivity contribution in [2.45, 2.75) is 0 Å². The molecule has 0 amide bonds. The molecule has 0 unspecified atom stereocenters. The van der Waals surface area contributed by atoms with E-state index < -0.39 is 0 Å². The lowest BCUT2D eigenvalue weighted by molar-refractivity contribution is 0.582. The predicted molar refractivity (Wildman–Crippen MR) is 74.6 cm³/mol. The first-order valence-corrected chi connectivity index (χ1v) is 6.11. The summed E-state index contributed by atoms with van der Waals surface area (Å²) in [4.78, 5) is 0. The van der Waals surface area contributed by atoms with Crippen LogP contribution in [0.5, 0.6) is 0 Å². The molecular weight excluding hydrogens is 244 g/mol. The fourth-order valence-electron chi connectivity index (χ4n) is 2.01. The van der Waals surface area contributed by atoms with Crippen molar-refractivity contribution in [1.29, 1.82) is 0 Å². The van der Waals surface area contributed by atoms with Gasteiger partial charge in [-0.1, -0.05) is 48.0 Å². The SMILES string of the molecule is Clc1ccc(-c2ccccc2-c2ccco2)cc1. The summed E-state index contributed by atoms with van der Waals surface area (Å²) in [5.41, 5.74) is 3.36. The van der Waals surface area contributed by atoms with Crippen LogP contribution in [0, 0.1) is 0 Å². The largest absolute Gasteiger partial charge is 0.464 e. The van der Waals surface area contributed by atoms with Crippen LogP contribution < -0.4 is 0 Å². The van der Waals surface area contributed by atoms with Crippen molar-refractivity contribution in [3.05, 3.63) is 71.9 Å². The Labute approximate surface area is 111 Å². The summed E-state index contributed by atoms with van der Waals surface area (Å²) in [5, 5.41) is 0.745. The molecule has 1 nitrogen and oxygen atoms in total. The summed E-state index contributed by atoms with van der Waals surface area (Å²) >= 11 is 5.92. The second-order valence-corrected chi connectivity index (χ2v) is 4.47.